The number of alkyl halides is 2. The number of phenolic OH excluding ortho intramolecular Hbond substituents is 1. The molecule has 43 heavy (non-hydrogen) atoms. The number of rotatable bonds is 4. The monoisotopic (exact) mass is 628 g/mol. The van der Waals surface area contributed by atoms with Crippen molar-refractivity contribution in [3.63, 3.8) is 0 Å². The van der Waals surface area contributed by atoms with Gasteiger partial charge in [0.25, 0.3) is 11.8 Å². The molecule has 4 aliphatic rings. The Morgan fingerprint density at radius 1 is 1.00 bits per heavy atom. The number of hydrogen-bond acceptors (Lipinski definition) is 6. The summed E-state index contributed by atoms with van der Waals surface area (Å²) in [6.07, 6.45) is 1.92. The van der Waals surface area contributed by atoms with Crippen molar-refractivity contribution in [2.45, 2.75) is 61.7 Å². The van der Waals surface area contributed by atoms with Gasteiger partial charge in [-0.3, -0.25) is 24.1 Å². The van der Waals surface area contributed by atoms with Gasteiger partial charge < -0.3 is 9.84 Å². The average molecular weight is 630 g/mol. The molecule has 11 heteroatoms. The van der Waals surface area contributed by atoms with Gasteiger partial charge in [0, 0.05) is 11.5 Å². The highest BCUT2D eigenvalue weighted by Crippen LogP contribution is 2.66. The molecule has 2 aliphatic carbocycles. The van der Waals surface area contributed by atoms with Crippen LogP contribution >= 0.6 is 23.2 Å². The number of amides is 4. The third-order valence-corrected chi connectivity index (χ3v) is 10.6. The second-order valence-electron chi connectivity index (χ2n) is 12.6. The van der Waals surface area contributed by atoms with Crippen LogP contribution in [-0.4, -0.2) is 55.5 Å². The molecule has 0 spiro atoms. The van der Waals surface area contributed by atoms with E-state index < -0.39 is 56.6 Å². The Kier molecular flexibility index (Phi) is 6.75. The van der Waals surface area contributed by atoms with Gasteiger partial charge in [-0.05, 0) is 88.4 Å². The van der Waals surface area contributed by atoms with Gasteiger partial charge in [-0.15, -0.1) is 23.2 Å². The summed E-state index contributed by atoms with van der Waals surface area (Å²) in [5, 5.41) is 10.5. The topological polar surface area (TPSA) is 104 Å². The molecular weight excluding hydrogens is 598 g/mol. The Balaban J connectivity index is 1.56. The molecule has 0 unspecified atom stereocenters. The molecule has 6 atom stereocenters. The van der Waals surface area contributed by atoms with Crippen molar-refractivity contribution in [1.82, 2.24) is 4.90 Å². The van der Waals surface area contributed by atoms with E-state index in [1.54, 1.807) is 39.8 Å². The molecule has 226 valence electrons. The van der Waals surface area contributed by atoms with E-state index >= 15 is 0 Å². The van der Waals surface area contributed by atoms with Crippen molar-refractivity contribution in [2.75, 3.05) is 11.5 Å². The fourth-order valence-electron chi connectivity index (χ4n) is 7.42. The minimum absolute atomic E-state index is 0.103. The molecular formula is C32H31Cl2FN2O6. The molecule has 0 bridgehead atoms. The number of aromatic hydroxyl groups is 1. The minimum Gasteiger partial charge on any atom is -0.504 e. The maximum atomic E-state index is 14.4. The number of phenols is 1. The van der Waals surface area contributed by atoms with E-state index in [9.17, 15) is 28.7 Å². The summed E-state index contributed by atoms with van der Waals surface area (Å²) >= 11 is 14.7. The van der Waals surface area contributed by atoms with Gasteiger partial charge in [0.1, 0.15) is 5.82 Å². The normalized spacial score (nSPS) is 32.0. The van der Waals surface area contributed by atoms with E-state index in [-0.39, 0.29) is 48.4 Å². The Bertz CT molecular complexity index is 1600. The number of anilines is 1. The number of imide groups is 2. The van der Waals surface area contributed by atoms with Crippen LogP contribution < -0.4 is 9.64 Å². The first-order valence-electron chi connectivity index (χ1n) is 14.2. The summed E-state index contributed by atoms with van der Waals surface area (Å²) in [4.78, 5) is 54.2. The maximum Gasteiger partial charge on any atom is 0.258 e. The maximum absolute atomic E-state index is 14.4. The highest BCUT2D eigenvalue weighted by Gasteiger charge is 2.76. The third-order valence-electron chi connectivity index (χ3n) is 9.18. The van der Waals surface area contributed by atoms with Crippen molar-refractivity contribution >= 4 is 52.5 Å². The first kappa shape index (κ1) is 29.6. The van der Waals surface area contributed by atoms with Gasteiger partial charge in [-0.1, -0.05) is 17.7 Å². The third kappa shape index (κ3) is 4.00. The van der Waals surface area contributed by atoms with E-state index in [1.807, 2.05) is 6.08 Å². The summed E-state index contributed by atoms with van der Waals surface area (Å²) in [5.74, 6) is -5.93. The van der Waals surface area contributed by atoms with Crippen molar-refractivity contribution in [1.29, 1.82) is 0 Å². The van der Waals surface area contributed by atoms with Crippen LogP contribution in [0.5, 0.6) is 11.5 Å². The number of allylic oxidation sites excluding steroid dienone is 2. The highest BCUT2D eigenvalue weighted by molar-refractivity contribution is 6.58. The second kappa shape index (κ2) is 9.79. The largest absolute Gasteiger partial charge is 0.504 e. The molecule has 0 radical (unpaired) electrons. The van der Waals surface area contributed by atoms with Crippen LogP contribution in [0.2, 0.25) is 0 Å². The predicted molar refractivity (Wildman–Crippen MR) is 157 cm³/mol. The highest BCUT2D eigenvalue weighted by atomic mass is 35.5. The molecule has 8 nitrogen and oxygen atoms in total. The van der Waals surface area contributed by atoms with Gasteiger partial charge >= 0.3 is 0 Å². The van der Waals surface area contributed by atoms with E-state index in [0.717, 1.165) is 17.0 Å². The lowest BCUT2D eigenvalue weighted by Gasteiger charge is -2.50. The van der Waals surface area contributed by atoms with Crippen LogP contribution in [0.4, 0.5) is 10.1 Å². The van der Waals surface area contributed by atoms with Gasteiger partial charge in [-0.25, -0.2) is 9.29 Å². The number of carbonyl (C=O) groups is 4. The number of ether oxygens (including phenoxy) is 1. The smallest absolute Gasteiger partial charge is 0.258 e. The lowest BCUT2D eigenvalue weighted by atomic mass is 9.56. The quantitative estimate of drug-likeness (QED) is 0.280. The van der Waals surface area contributed by atoms with E-state index in [1.165, 1.54) is 23.1 Å². The molecule has 2 heterocycles. The lowest BCUT2D eigenvalue weighted by Crippen LogP contribution is -2.60. The zero-order chi connectivity index (χ0) is 31.2. The van der Waals surface area contributed by atoms with E-state index in [4.69, 9.17) is 27.9 Å². The zero-order valence-corrected chi connectivity index (χ0v) is 25.6. The molecule has 3 fully saturated rings. The number of nitrogens with zero attached hydrogens (tertiary/aromatic N) is 2. The van der Waals surface area contributed by atoms with Crippen molar-refractivity contribution < 1.29 is 33.4 Å². The van der Waals surface area contributed by atoms with Crippen LogP contribution in [0, 0.1) is 23.6 Å². The second-order valence-corrected chi connectivity index (χ2v) is 13.8. The van der Waals surface area contributed by atoms with Crippen LogP contribution in [0.15, 0.2) is 54.1 Å². The Labute approximate surface area is 258 Å². The number of halogens is 3. The van der Waals surface area contributed by atoms with Crippen molar-refractivity contribution in [2.24, 2.45) is 17.8 Å². The van der Waals surface area contributed by atoms with Crippen LogP contribution in [0.3, 0.4) is 0 Å². The first-order chi connectivity index (χ1) is 20.2. The summed E-state index contributed by atoms with van der Waals surface area (Å²) in [5.41, 5.74) is 0.407. The zero-order valence-electron chi connectivity index (χ0n) is 24.1. The predicted octanol–water partition coefficient (Wildman–Crippen LogP) is 5.29. The van der Waals surface area contributed by atoms with Crippen molar-refractivity contribution in [3.8, 4) is 11.5 Å². The molecule has 0 aromatic heterocycles. The van der Waals surface area contributed by atoms with Gasteiger partial charge in [-0.2, -0.15) is 0 Å². The number of fused-ring (bicyclic) bond motifs is 4. The Morgan fingerprint density at radius 2 is 1.67 bits per heavy atom. The van der Waals surface area contributed by atoms with Crippen LogP contribution in [-0.2, 0) is 19.2 Å². The molecule has 4 amide bonds. The molecule has 2 aromatic rings. The SMILES string of the molecule is CCOc1cc([C@H]2C3=CC[C@@H]4C(=O)N(C(C)(C)C)C(=O)[C@@H]4[C@@H]3C[C@@]3(Cl)C(=O)N(c4ccc(F)cc4)C(=O)[C@@]23Cl)ccc1O. The van der Waals surface area contributed by atoms with E-state index in [2.05, 4.69) is 0 Å². The fraction of sp³-hybridized carbons (Fsp3) is 0.438. The Morgan fingerprint density at radius 3 is 2.30 bits per heavy atom. The number of hydrogen-bond donors (Lipinski definition) is 1. The standard InChI is InChI=1S/C32H31Cl2FN2O6/c1-5-43-23-14-16(6-13-22(23)38)25-19-11-12-20-24(27(40)37(26(20)39)30(2,3)4)21(19)15-31(33)28(41)36(29(42)32(25,31)34)18-9-7-17(35)8-10-18/h6-11,13-14,20-21,24-25,38H,5,12,15H2,1-4H3/t20-,21+,24-,25-,31+,32-/m0/s1. The van der Waals surface area contributed by atoms with Crippen molar-refractivity contribution in [3.05, 3.63) is 65.5 Å². The average Bonchev–Trinajstić information content (AvgIpc) is 3.29. The number of likely N-dealkylation sites (tertiary alicyclic amines) is 1. The summed E-state index contributed by atoms with van der Waals surface area (Å²) in [6.45, 7) is 7.36. The first-order valence-corrected chi connectivity index (χ1v) is 15.0. The van der Waals surface area contributed by atoms with E-state index in [0.29, 0.717) is 11.1 Å². The summed E-state index contributed by atoms with van der Waals surface area (Å²) in [6, 6.07) is 9.41. The fourth-order valence-corrected chi connectivity index (χ4v) is 8.35. The van der Waals surface area contributed by atoms with Gasteiger partial charge in [0.05, 0.1) is 24.1 Å². The lowest BCUT2D eigenvalue weighted by molar-refractivity contribution is -0.145. The van der Waals surface area contributed by atoms with Crippen LogP contribution in [0.1, 0.15) is 52.0 Å². The van der Waals surface area contributed by atoms with Crippen LogP contribution in [0.25, 0.3) is 0 Å². The molecule has 2 aliphatic heterocycles. The Hall–Kier alpha value is -3.43. The summed E-state index contributed by atoms with van der Waals surface area (Å²) in [7, 11) is 0. The number of benzene rings is 2. The number of carbonyl (C=O) groups excluding carboxylic acids is 4. The molecule has 2 aromatic carbocycles. The molecule has 1 N–H and O–H groups in total. The molecule has 2 saturated heterocycles. The molecule has 6 rings (SSSR count). The van der Waals surface area contributed by atoms with Gasteiger partial charge in [0.15, 0.2) is 21.2 Å². The molecule has 1 saturated carbocycles. The summed E-state index contributed by atoms with van der Waals surface area (Å²) < 4.78 is 19.4. The van der Waals surface area contributed by atoms with Gasteiger partial charge in [0.2, 0.25) is 11.8 Å². The minimum atomic E-state index is -2.06.